The zero-order valence-corrected chi connectivity index (χ0v) is 25.5. The second-order valence-electron chi connectivity index (χ2n) is 12.4. The summed E-state index contributed by atoms with van der Waals surface area (Å²) in [5, 5.41) is 15.1. The van der Waals surface area contributed by atoms with Gasteiger partial charge in [0, 0.05) is 41.9 Å². The van der Waals surface area contributed by atoms with Gasteiger partial charge in [-0.1, -0.05) is 121 Å². The Labute approximate surface area is 267 Å². The topological polar surface area (TPSA) is 13.1 Å². The minimum atomic E-state index is 0.940. The number of furan rings is 1. The Hall–Kier alpha value is -5.70. The predicted molar refractivity (Wildman–Crippen MR) is 199 cm³/mol. The van der Waals surface area contributed by atoms with Crippen LogP contribution < -0.4 is 0 Å². The van der Waals surface area contributed by atoms with E-state index in [1.54, 1.807) is 0 Å². The molecule has 0 saturated heterocycles. The summed E-state index contributed by atoms with van der Waals surface area (Å²) in [6, 6.07) is 53.5. The zero-order chi connectivity index (χ0) is 29.9. The van der Waals surface area contributed by atoms with Crippen molar-refractivity contribution < 1.29 is 4.42 Å². The summed E-state index contributed by atoms with van der Waals surface area (Å²) < 4.78 is 9.63. The second kappa shape index (κ2) is 8.94. The number of benzene rings is 9. The lowest BCUT2D eigenvalue weighted by Crippen LogP contribution is -1.89. The Balaban J connectivity index is 1.25. The van der Waals surface area contributed by atoms with Crippen molar-refractivity contribution in [3.63, 3.8) is 0 Å². The average Bonchev–Trinajstić information content (AvgIpc) is 3.69. The molecule has 0 amide bonds. The molecule has 2 heteroatoms. The van der Waals surface area contributed by atoms with Gasteiger partial charge in [0.2, 0.25) is 0 Å². The highest BCUT2D eigenvalue weighted by atomic mass is 32.1. The molecular formula is C44H24OS. The maximum Gasteiger partial charge on any atom is 0.143 e. The Bertz CT molecular complexity index is 3010. The zero-order valence-electron chi connectivity index (χ0n) is 24.7. The van der Waals surface area contributed by atoms with E-state index in [4.69, 9.17) is 4.42 Å². The number of thiophene rings is 1. The SMILES string of the molecule is c1ccc2c(c1)ccc1c2oc2c(-c3ccc4c(c3)sc3ccccc34)ccc(-c3ccc4ccc5cccc6ccc3c4c56)c21. The number of hydrogen-bond donors (Lipinski definition) is 0. The first-order chi connectivity index (χ1) is 22.8. The van der Waals surface area contributed by atoms with E-state index in [0.717, 1.165) is 27.5 Å². The molecule has 0 radical (unpaired) electrons. The number of rotatable bonds is 2. The van der Waals surface area contributed by atoms with Gasteiger partial charge in [0.25, 0.3) is 0 Å². The third-order valence-corrected chi connectivity index (χ3v) is 11.2. The van der Waals surface area contributed by atoms with Crippen LogP contribution in [-0.4, -0.2) is 0 Å². The molecule has 212 valence electrons. The molecule has 0 saturated carbocycles. The molecule has 0 bridgehead atoms. The van der Waals surface area contributed by atoms with E-state index < -0.39 is 0 Å². The molecular weight excluding hydrogens is 577 g/mol. The van der Waals surface area contributed by atoms with Crippen LogP contribution in [0.15, 0.2) is 150 Å². The van der Waals surface area contributed by atoms with Gasteiger partial charge >= 0.3 is 0 Å². The molecule has 2 aromatic heterocycles. The van der Waals surface area contributed by atoms with Crippen molar-refractivity contribution in [2.75, 3.05) is 0 Å². The van der Waals surface area contributed by atoms with E-state index in [2.05, 4.69) is 146 Å². The molecule has 2 heterocycles. The van der Waals surface area contributed by atoms with E-state index in [9.17, 15) is 0 Å². The Morgan fingerprint density at radius 2 is 0.978 bits per heavy atom. The van der Waals surface area contributed by atoms with Crippen molar-refractivity contribution in [3.05, 3.63) is 146 Å². The van der Waals surface area contributed by atoms with Crippen LogP contribution in [0.4, 0.5) is 0 Å². The Kier molecular flexibility index (Phi) is 4.78. The first-order valence-corrected chi connectivity index (χ1v) is 16.6. The van der Waals surface area contributed by atoms with E-state index in [-0.39, 0.29) is 0 Å². The lowest BCUT2D eigenvalue weighted by molar-refractivity contribution is 0.674. The summed E-state index contributed by atoms with van der Waals surface area (Å²) >= 11 is 1.86. The van der Waals surface area contributed by atoms with Gasteiger partial charge in [0.15, 0.2) is 0 Å². The molecule has 9 aromatic carbocycles. The van der Waals surface area contributed by atoms with E-state index in [1.165, 1.54) is 80.0 Å². The summed E-state index contributed by atoms with van der Waals surface area (Å²) in [4.78, 5) is 0. The van der Waals surface area contributed by atoms with Crippen molar-refractivity contribution in [2.45, 2.75) is 0 Å². The van der Waals surface area contributed by atoms with Crippen LogP contribution in [0.25, 0.3) is 107 Å². The molecule has 0 aliphatic rings. The van der Waals surface area contributed by atoms with E-state index in [1.807, 2.05) is 11.3 Å². The lowest BCUT2D eigenvalue weighted by atomic mass is 9.87. The van der Waals surface area contributed by atoms with E-state index in [0.29, 0.717) is 0 Å². The van der Waals surface area contributed by atoms with Gasteiger partial charge in [0.05, 0.1) is 0 Å². The summed E-state index contributed by atoms with van der Waals surface area (Å²) in [7, 11) is 0. The molecule has 0 atom stereocenters. The summed E-state index contributed by atoms with van der Waals surface area (Å²) in [5.74, 6) is 0. The quantitative estimate of drug-likeness (QED) is 0.180. The molecule has 0 N–H and O–H groups in total. The maximum atomic E-state index is 7.01. The number of hydrogen-bond acceptors (Lipinski definition) is 2. The highest BCUT2D eigenvalue weighted by Gasteiger charge is 2.21. The fraction of sp³-hybridized carbons (Fsp3) is 0. The fourth-order valence-corrected chi connectivity index (χ4v) is 9.07. The third kappa shape index (κ3) is 3.24. The standard InChI is InChI=1S/C44H24OS/c1-2-9-30-25(6-1)14-21-37-42-36(32-18-15-28-13-12-26-7-5-8-27-16-20-35(32)41(28)40(26)27)23-22-31(44(42)45-43(30)37)29-17-19-34-33-10-3-4-11-38(33)46-39(34)24-29/h1-24H. The molecule has 0 aliphatic heterocycles. The molecule has 0 unspecified atom stereocenters. The lowest BCUT2D eigenvalue weighted by Gasteiger charge is -2.15. The summed E-state index contributed by atoms with van der Waals surface area (Å²) in [6.45, 7) is 0. The second-order valence-corrected chi connectivity index (χ2v) is 13.5. The molecule has 11 rings (SSSR count). The van der Waals surface area contributed by atoms with Gasteiger partial charge in [-0.05, 0) is 78.7 Å². The predicted octanol–water partition coefficient (Wildman–Crippen LogP) is 13.3. The summed E-state index contributed by atoms with van der Waals surface area (Å²) in [6.07, 6.45) is 0. The monoisotopic (exact) mass is 600 g/mol. The molecule has 0 fully saturated rings. The Morgan fingerprint density at radius 1 is 0.348 bits per heavy atom. The van der Waals surface area contributed by atoms with Gasteiger partial charge in [0.1, 0.15) is 11.2 Å². The van der Waals surface area contributed by atoms with Gasteiger partial charge in [-0.3, -0.25) is 0 Å². The van der Waals surface area contributed by atoms with Crippen LogP contribution in [-0.2, 0) is 0 Å². The van der Waals surface area contributed by atoms with Gasteiger partial charge in [-0.15, -0.1) is 11.3 Å². The minimum Gasteiger partial charge on any atom is -0.455 e. The van der Waals surface area contributed by atoms with E-state index >= 15 is 0 Å². The third-order valence-electron chi connectivity index (χ3n) is 10.0. The molecule has 11 aromatic rings. The fourth-order valence-electron chi connectivity index (χ4n) is 7.92. The normalized spacial score (nSPS) is 12.3. The van der Waals surface area contributed by atoms with Crippen LogP contribution >= 0.6 is 11.3 Å². The molecule has 0 spiro atoms. The molecule has 0 aliphatic carbocycles. The van der Waals surface area contributed by atoms with Crippen molar-refractivity contribution in [3.8, 4) is 22.3 Å². The highest BCUT2D eigenvalue weighted by Crippen LogP contribution is 2.47. The van der Waals surface area contributed by atoms with Crippen molar-refractivity contribution >= 4 is 96.5 Å². The first-order valence-electron chi connectivity index (χ1n) is 15.8. The maximum absolute atomic E-state index is 7.01. The smallest absolute Gasteiger partial charge is 0.143 e. The number of fused-ring (bicyclic) bond motifs is 8. The largest absolute Gasteiger partial charge is 0.455 e. The van der Waals surface area contributed by atoms with Crippen molar-refractivity contribution in [1.29, 1.82) is 0 Å². The molecule has 1 nitrogen and oxygen atoms in total. The highest BCUT2D eigenvalue weighted by molar-refractivity contribution is 7.25. The average molecular weight is 601 g/mol. The van der Waals surface area contributed by atoms with Crippen LogP contribution in [0.5, 0.6) is 0 Å². The Morgan fingerprint density at radius 3 is 1.89 bits per heavy atom. The van der Waals surface area contributed by atoms with Gasteiger partial charge in [-0.25, -0.2) is 0 Å². The van der Waals surface area contributed by atoms with Crippen LogP contribution in [0, 0.1) is 0 Å². The van der Waals surface area contributed by atoms with Crippen molar-refractivity contribution in [2.24, 2.45) is 0 Å². The van der Waals surface area contributed by atoms with Crippen LogP contribution in [0.3, 0.4) is 0 Å². The minimum absolute atomic E-state index is 0.940. The molecule has 46 heavy (non-hydrogen) atoms. The van der Waals surface area contributed by atoms with Crippen LogP contribution in [0.1, 0.15) is 0 Å². The summed E-state index contributed by atoms with van der Waals surface area (Å²) in [5.41, 5.74) is 6.62. The van der Waals surface area contributed by atoms with Crippen LogP contribution in [0.2, 0.25) is 0 Å². The van der Waals surface area contributed by atoms with Crippen molar-refractivity contribution in [1.82, 2.24) is 0 Å². The van der Waals surface area contributed by atoms with Gasteiger partial charge in [-0.2, -0.15) is 0 Å². The first kappa shape index (κ1) is 24.6. The van der Waals surface area contributed by atoms with Gasteiger partial charge < -0.3 is 4.42 Å².